The number of rotatable bonds is 6. The van der Waals surface area contributed by atoms with Gasteiger partial charge < -0.3 is 10.1 Å². The molecule has 0 aliphatic rings. The van der Waals surface area contributed by atoms with Gasteiger partial charge in [0.2, 0.25) is 0 Å². The summed E-state index contributed by atoms with van der Waals surface area (Å²) in [6, 6.07) is 0. The molecule has 0 aliphatic heterocycles. The molecule has 0 aliphatic carbocycles. The molecule has 0 heterocycles. The van der Waals surface area contributed by atoms with Gasteiger partial charge in [-0.05, 0) is 46.1 Å². The topological polar surface area (TPSA) is 21.3 Å². The highest BCUT2D eigenvalue weighted by atomic mass is 16.5. The third kappa shape index (κ3) is 9.84. The first-order chi connectivity index (χ1) is 5.95. The van der Waals surface area contributed by atoms with Crippen molar-refractivity contribution in [1.29, 1.82) is 0 Å². The highest BCUT2D eigenvalue weighted by Crippen LogP contribution is 2.07. The number of nitrogens with one attached hydrogen (secondary N) is 1. The normalized spacial score (nSPS) is 14.5. The van der Waals surface area contributed by atoms with Crippen LogP contribution in [0.15, 0.2) is 0 Å². The summed E-state index contributed by atoms with van der Waals surface area (Å²) in [5.74, 6) is 0.759. The maximum Gasteiger partial charge on any atom is 0.0464 e. The molecule has 0 aromatic carbocycles. The summed E-state index contributed by atoms with van der Waals surface area (Å²) in [4.78, 5) is 0. The van der Waals surface area contributed by atoms with Crippen LogP contribution < -0.4 is 5.32 Å². The average Bonchev–Trinajstić information content (AvgIpc) is 1.98. The third-order valence-electron chi connectivity index (χ3n) is 2.11. The van der Waals surface area contributed by atoms with Gasteiger partial charge in [-0.25, -0.2) is 0 Å². The van der Waals surface area contributed by atoms with Gasteiger partial charge >= 0.3 is 0 Å². The Hall–Kier alpha value is -0.0800. The number of hydrogen-bond acceptors (Lipinski definition) is 2. The van der Waals surface area contributed by atoms with Crippen LogP contribution in [0.5, 0.6) is 0 Å². The average molecular weight is 187 g/mol. The van der Waals surface area contributed by atoms with Crippen molar-refractivity contribution in [3.05, 3.63) is 0 Å². The van der Waals surface area contributed by atoms with E-state index in [1.54, 1.807) is 7.11 Å². The molecule has 0 rings (SSSR count). The molecule has 0 fully saturated rings. The van der Waals surface area contributed by atoms with E-state index in [9.17, 15) is 0 Å². The Labute approximate surface area is 83.1 Å². The zero-order valence-electron chi connectivity index (χ0n) is 9.81. The van der Waals surface area contributed by atoms with Gasteiger partial charge in [-0.2, -0.15) is 0 Å². The molecule has 2 heteroatoms. The smallest absolute Gasteiger partial charge is 0.0464 e. The molecule has 1 atom stereocenters. The van der Waals surface area contributed by atoms with E-state index >= 15 is 0 Å². The highest BCUT2D eigenvalue weighted by Gasteiger charge is 2.09. The van der Waals surface area contributed by atoms with Gasteiger partial charge in [0.1, 0.15) is 0 Å². The van der Waals surface area contributed by atoms with Crippen LogP contribution in [0.3, 0.4) is 0 Å². The molecule has 0 radical (unpaired) electrons. The maximum atomic E-state index is 5.04. The molecule has 0 spiro atoms. The SMILES string of the molecule is COCCC(C)CCNC(C)(C)C. The zero-order valence-corrected chi connectivity index (χ0v) is 9.81. The van der Waals surface area contributed by atoms with Crippen LogP contribution in [0.2, 0.25) is 0 Å². The molecule has 0 aromatic rings. The first-order valence-electron chi connectivity index (χ1n) is 5.19. The van der Waals surface area contributed by atoms with E-state index < -0.39 is 0 Å². The van der Waals surface area contributed by atoms with E-state index in [1.165, 1.54) is 12.8 Å². The Bertz CT molecular complexity index is 118. The van der Waals surface area contributed by atoms with Gasteiger partial charge in [-0.3, -0.25) is 0 Å². The van der Waals surface area contributed by atoms with E-state index in [0.29, 0.717) is 0 Å². The molecule has 13 heavy (non-hydrogen) atoms. The fourth-order valence-corrected chi connectivity index (χ4v) is 1.16. The summed E-state index contributed by atoms with van der Waals surface area (Å²) in [7, 11) is 1.76. The molecule has 0 saturated carbocycles. The fourth-order valence-electron chi connectivity index (χ4n) is 1.16. The number of ether oxygens (including phenoxy) is 1. The first-order valence-corrected chi connectivity index (χ1v) is 5.19. The minimum Gasteiger partial charge on any atom is -0.385 e. The lowest BCUT2D eigenvalue weighted by Crippen LogP contribution is -2.36. The molecule has 80 valence electrons. The van der Waals surface area contributed by atoms with Gasteiger partial charge in [0.05, 0.1) is 0 Å². The van der Waals surface area contributed by atoms with Crippen LogP contribution >= 0.6 is 0 Å². The van der Waals surface area contributed by atoms with Crippen LogP contribution in [-0.4, -0.2) is 25.8 Å². The summed E-state index contributed by atoms with van der Waals surface area (Å²) < 4.78 is 5.04. The predicted molar refractivity (Wildman–Crippen MR) is 58.0 cm³/mol. The van der Waals surface area contributed by atoms with Gasteiger partial charge in [0.25, 0.3) is 0 Å². The van der Waals surface area contributed by atoms with Crippen LogP contribution in [0.4, 0.5) is 0 Å². The van der Waals surface area contributed by atoms with Crippen molar-refractivity contribution in [2.45, 2.75) is 46.1 Å². The fraction of sp³-hybridized carbons (Fsp3) is 1.00. The zero-order chi connectivity index (χ0) is 10.3. The van der Waals surface area contributed by atoms with Crippen molar-refractivity contribution in [3.63, 3.8) is 0 Å². The summed E-state index contributed by atoms with van der Waals surface area (Å²) in [5, 5.41) is 3.49. The molecule has 0 saturated heterocycles. The number of hydrogen-bond donors (Lipinski definition) is 1. The second-order valence-electron chi connectivity index (χ2n) is 4.85. The first kappa shape index (κ1) is 12.9. The molecule has 1 unspecified atom stereocenters. The quantitative estimate of drug-likeness (QED) is 0.689. The summed E-state index contributed by atoms with van der Waals surface area (Å²) in [6.07, 6.45) is 2.41. The third-order valence-corrected chi connectivity index (χ3v) is 2.11. The van der Waals surface area contributed by atoms with E-state index in [-0.39, 0.29) is 5.54 Å². The molecular weight excluding hydrogens is 162 g/mol. The summed E-state index contributed by atoms with van der Waals surface area (Å²) >= 11 is 0. The maximum absolute atomic E-state index is 5.04. The minimum absolute atomic E-state index is 0.251. The Morgan fingerprint density at radius 1 is 1.23 bits per heavy atom. The summed E-state index contributed by atoms with van der Waals surface area (Å²) in [5.41, 5.74) is 0.251. The standard InChI is InChI=1S/C11H25NO/c1-10(7-9-13-5)6-8-12-11(2,3)4/h10,12H,6-9H2,1-5H3. The van der Waals surface area contributed by atoms with Crippen LogP contribution in [0.1, 0.15) is 40.5 Å². The molecule has 0 amide bonds. The Kier molecular flexibility index (Phi) is 6.35. The Morgan fingerprint density at radius 3 is 2.31 bits per heavy atom. The number of methoxy groups -OCH3 is 1. The Morgan fingerprint density at radius 2 is 1.85 bits per heavy atom. The molecule has 0 bridgehead atoms. The van der Waals surface area contributed by atoms with E-state index in [0.717, 1.165) is 19.1 Å². The second kappa shape index (κ2) is 6.39. The monoisotopic (exact) mass is 187 g/mol. The van der Waals surface area contributed by atoms with Crippen LogP contribution in [-0.2, 0) is 4.74 Å². The van der Waals surface area contributed by atoms with E-state index in [1.807, 2.05) is 0 Å². The van der Waals surface area contributed by atoms with Crippen molar-refractivity contribution in [1.82, 2.24) is 5.32 Å². The lowest BCUT2D eigenvalue weighted by molar-refractivity contribution is 0.177. The van der Waals surface area contributed by atoms with Gasteiger partial charge in [0, 0.05) is 19.3 Å². The molecule has 1 N–H and O–H groups in total. The summed E-state index contributed by atoms with van der Waals surface area (Å²) in [6.45, 7) is 10.9. The lowest BCUT2D eigenvalue weighted by atomic mass is 10.0. The van der Waals surface area contributed by atoms with Crippen molar-refractivity contribution in [2.24, 2.45) is 5.92 Å². The van der Waals surface area contributed by atoms with E-state index in [4.69, 9.17) is 4.74 Å². The minimum atomic E-state index is 0.251. The second-order valence-corrected chi connectivity index (χ2v) is 4.85. The van der Waals surface area contributed by atoms with Crippen molar-refractivity contribution < 1.29 is 4.74 Å². The Balaban J connectivity index is 3.31. The van der Waals surface area contributed by atoms with Crippen molar-refractivity contribution >= 4 is 0 Å². The van der Waals surface area contributed by atoms with Crippen molar-refractivity contribution in [3.8, 4) is 0 Å². The largest absolute Gasteiger partial charge is 0.385 e. The van der Waals surface area contributed by atoms with Crippen molar-refractivity contribution in [2.75, 3.05) is 20.3 Å². The predicted octanol–water partition coefficient (Wildman–Crippen LogP) is 2.44. The van der Waals surface area contributed by atoms with Gasteiger partial charge in [0.15, 0.2) is 0 Å². The van der Waals surface area contributed by atoms with Gasteiger partial charge in [-0.1, -0.05) is 6.92 Å². The van der Waals surface area contributed by atoms with Gasteiger partial charge in [-0.15, -0.1) is 0 Å². The van der Waals surface area contributed by atoms with Crippen LogP contribution in [0.25, 0.3) is 0 Å². The molecule has 0 aromatic heterocycles. The highest BCUT2D eigenvalue weighted by molar-refractivity contribution is 4.70. The lowest BCUT2D eigenvalue weighted by Gasteiger charge is -2.21. The molecular formula is C11H25NO. The van der Waals surface area contributed by atoms with E-state index in [2.05, 4.69) is 33.0 Å². The molecule has 2 nitrogen and oxygen atoms in total. The van der Waals surface area contributed by atoms with Crippen LogP contribution in [0, 0.1) is 5.92 Å².